The summed E-state index contributed by atoms with van der Waals surface area (Å²) < 4.78 is 24.8. The largest absolute Gasteiger partial charge is 0.489 e. The van der Waals surface area contributed by atoms with Gasteiger partial charge in [-0.15, -0.1) is 0 Å². The smallest absolute Gasteiger partial charge is 0.335 e. The molecule has 2 aromatic carbocycles. The Morgan fingerprint density at radius 3 is 2.58 bits per heavy atom. The number of carbonyl (C=O) groups is 2. The highest BCUT2D eigenvalue weighted by Gasteiger charge is 2.18. The number of benzene rings is 2. The summed E-state index contributed by atoms with van der Waals surface area (Å²) in [5.41, 5.74) is 0.535. The lowest BCUT2D eigenvalue weighted by atomic mass is 10.1. The van der Waals surface area contributed by atoms with E-state index < -0.39 is 17.7 Å². The maximum absolute atomic E-state index is 13.6. The summed E-state index contributed by atoms with van der Waals surface area (Å²) in [5, 5.41) is 11.5. The van der Waals surface area contributed by atoms with Crippen molar-refractivity contribution in [2.24, 2.45) is 0 Å². The number of rotatable bonds is 6. The van der Waals surface area contributed by atoms with Gasteiger partial charge in [0.05, 0.1) is 17.4 Å². The molecule has 1 atom stereocenters. The number of hydrogen-bond acceptors (Lipinski definition) is 4. The molecule has 6 nitrogen and oxygen atoms in total. The van der Waals surface area contributed by atoms with Crippen LogP contribution in [0.1, 0.15) is 33.6 Å². The van der Waals surface area contributed by atoms with E-state index in [4.69, 9.17) is 14.6 Å². The van der Waals surface area contributed by atoms with E-state index in [1.807, 2.05) is 0 Å². The quantitative estimate of drug-likeness (QED) is 0.826. The second-order valence-corrected chi connectivity index (χ2v) is 5.92. The summed E-state index contributed by atoms with van der Waals surface area (Å²) in [7, 11) is 0. The van der Waals surface area contributed by atoms with Gasteiger partial charge in [-0.25, -0.2) is 9.18 Å². The van der Waals surface area contributed by atoms with E-state index in [0.717, 1.165) is 12.8 Å². The molecule has 1 saturated heterocycles. The molecule has 0 aromatic heterocycles. The third kappa shape index (κ3) is 4.37. The van der Waals surface area contributed by atoms with Gasteiger partial charge in [0.25, 0.3) is 5.91 Å². The molecule has 2 N–H and O–H groups in total. The fraction of sp³-hybridized carbons (Fsp3) is 0.263. The first-order valence-corrected chi connectivity index (χ1v) is 8.21. The average Bonchev–Trinajstić information content (AvgIpc) is 3.14. The van der Waals surface area contributed by atoms with Crippen molar-refractivity contribution in [3.05, 3.63) is 59.4 Å². The minimum Gasteiger partial charge on any atom is -0.489 e. The summed E-state index contributed by atoms with van der Waals surface area (Å²) in [5.74, 6) is -1.73. The van der Waals surface area contributed by atoms with Crippen molar-refractivity contribution in [2.45, 2.75) is 18.9 Å². The van der Waals surface area contributed by atoms with Gasteiger partial charge in [-0.05, 0) is 49.2 Å². The van der Waals surface area contributed by atoms with Crippen LogP contribution in [0.3, 0.4) is 0 Å². The van der Waals surface area contributed by atoms with E-state index >= 15 is 0 Å². The van der Waals surface area contributed by atoms with Crippen molar-refractivity contribution in [3.8, 4) is 5.75 Å². The van der Waals surface area contributed by atoms with Gasteiger partial charge in [-0.1, -0.05) is 0 Å². The zero-order valence-electron chi connectivity index (χ0n) is 13.9. The molecular formula is C19H18FNO5. The van der Waals surface area contributed by atoms with Crippen molar-refractivity contribution in [1.29, 1.82) is 0 Å². The zero-order valence-corrected chi connectivity index (χ0v) is 13.9. The van der Waals surface area contributed by atoms with Crippen molar-refractivity contribution in [3.63, 3.8) is 0 Å². The molecule has 7 heteroatoms. The van der Waals surface area contributed by atoms with Crippen LogP contribution in [0.4, 0.5) is 10.1 Å². The molecule has 0 radical (unpaired) electrons. The Morgan fingerprint density at radius 1 is 1.19 bits per heavy atom. The number of aromatic carboxylic acids is 1. The lowest BCUT2D eigenvalue weighted by Gasteiger charge is -2.15. The molecule has 26 heavy (non-hydrogen) atoms. The summed E-state index contributed by atoms with van der Waals surface area (Å²) in [6.45, 7) is 1.02. The predicted octanol–water partition coefficient (Wildman–Crippen LogP) is 3.33. The van der Waals surface area contributed by atoms with Crippen LogP contribution in [0.25, 0.3) is 0 Å². The molecule has 0 spiro atoms. The van der Waals surface area contributed by atoms with Crippen LogP contribution in [-0.4, -0.2) is 36.3 Å². The van der Waals surface area contributed by atoms with Crippen LogP contribution >= 0.6 is 0 Å². The van der Waals surface area contributed by atoms with Gasteiger partial charge in [-0.2, -0.15) is 0 Å². The molecule has 1 aliphatic rings. The lowest BCUT2D eigenvalue weighted by molar-refractivity contribution is 0.0681. The topological polar surface area (TPSA) is 84.9 Å². The van der Waals surface area contributed by atoms with Gasteiger partial charge in [-0.3, -0.25) is 4.79 Å². The molecule has 0 aliphatic carbocycles. The number of carbonyl (C=O) groups excluding carboxylic acids is 1. The van der Waals surface area contributed by atoms with Crippen LogP contribution in [0.2, 0.25) is 0 Å². The maximum Gasteiger partial charge on any atom is 0.335 e. The minimum atomic E-state index is -1.08. The van der Waals surface area contributed by atoms with Crippen LogP contribution in [0.5, 0.6) is 5.75 Å². The molecule has 3 rings (SSSR count). The van der Waals surface area contributed by atoms with Gasteiger partial charge in [0, 0.05) is 18.2 Å². The number of ether oxygens (including phenoxy) is 2. The fourth-order valence-electron chi connectivity index (χ4n) is 2.64. The number of nitrogens with one attached hydrogen (secondary N) is 1. The Hall–Kier alpha value is -2.93. The van der Waals surface area contributed by atoms with Crippen molar-refractivity contribution in [1.82, 2.24) is 0 Å². The van der Waals surface area contributed by atoms with Gasteiger partial charge < -0.3 is 19.9 Å². The highest BCUT2D eigenvalue weighted by atomic mass is 19.1. The zero-order chi connectivity index (χ0) is 18.5. The second kappa shape index (κ2) is 7.97. The predicted molar refractivity (Wildman–Crippen MR) is 92.2 cm³/mol. The second-order valence-electron chi connectivity index (χ2n) is 5.92. The number of carboxylic acids is 1. The first kappa shape index (κ1) is 17.9. The first-order chi connectivity index (χ1) is 12.5. The van der Waals surface area contributed by atoms with Crippen molar-refractivity contribution >= 4 is 17.6 Å². The van der Waals surface area contributed by atoms with Crippen molar-refractivity contribution in [2.75, 3.05) is 18.5 Å². The Bertz CT molecular complexity index is 800. The fourth-order valence-corrected chi connectivity index (χ4v) is 2.64. The number of anilines is 1. The van der Waals surface area contributed by atoms with E-state index in [2.05, 4.69) is 5.32 Å². The summed E-state index contributed by atoms with van der Waals surface area (Å²) in [6, 6.07) is 9.33. The monoisotopic (exact) mass is 359 g/mol. The van der Waals surface area contributed by atoms with Gasteiger partial charge in [0.15, 0.2) is 0 Å². The Balaban J connectivity index is 1.71. The molecule has 2 aromatic rings. The number of carboxylic acid groups (broad SMARTS) is 1. The minimum absolute atomic E-state index is 0.00725. The molecule has 0 bridgehead atoms. The standard InChI is InChI=1S/C19H18FNO5/c20-14-7-8-17(26-11-15-2-1-9-25-15)16(10-14)21-18(22)12-3-5-13(6-4-12)19(23)24/h3-8,10,15H,1-2,9,11H2,(H,21,22)(H,23,24). The number of hydrogen-bond donors (Lipinski definition) is 2. The first-order valence-electron chi connectivity index (χ1n) is 8.21. The van der Waals surface area contributed by atoms with Crippen LogP contribution in [0.15, 0.2) is 42.5 Å². The van der Waals surface area contributed by atoms with Crippen LogP contribution < -0.4 is 10.1 Å². The van der Waals surface area contributed by atoms with E-state index in [-0.39, 0.29) is 22.9 Å². The van der Waals surface area contributed by atoms with Gasteiger partial charge in [0.2, 0.25) is 0 Å². The normalized spacial score (nSPS) is 16.3. The van der Waals surface area contributed by atoms with E-state index in [9.17, 15) is 14.0 Å². The number of halogens is 1. The summed E-state index contributed by atoms with van der Waals surface area (Å²) in [6.07, 6.45) is 1.87. The maximum atomic E-state index is 13.6. The van der Waals surface area contributed by atoms with Crippen LogP contribution in [-0.2, 0) is 4.74 Å². The SMILES string of the molecule is O=C(O)c1ccc(C(=O)Nc2cc(F)ccc2OCC2CCCO2)cc1. The molecule has 1 unspecified atom stereocenters. The third-order valence-corrected chi connectivity index (χ3v) is 4.03. The number of amides is 1. The summed E-state index contributed by atoms with van der Waals surface area (Å²) in [4.78, 5) is 23.2. The molecule has 1 amide bonds. The van der Waals surface area contributed by atoms with E-state index in [0.29, 0.717) is 19.0 Å². The highest BCUT2D eigenvalue weighted by Crippen LogP contribution is 2.27. The lowest BCUT2D eigenvalue weighted by Crippen LogP contribution is -2.18. The van der Waals surface area contributed by atoms with Crippen LogP contribution in [0, 0.1) is 5.82 Å². The molecule has 1 heterocycles. The molecule has 136 valence electrons. The Morgan fingerprint density at radius 2 is 1.92 bits per heavy atom. The van der Waals surface area contributed by atoms with E-state index in [1.54, 1.807) is 0 Å². The average molecular weight is 359 g/mol. The van der Waals surface area contributed by atoms with E-state index in [1.165, 1.54) is 42.5 Å². The molecule has 1 fully saturated rings. The van der Waals surface area contributed by atoms with Gasteiger partial charge >= 0.3 is 5.97 Å². The Labute approximate surface area is 149 Å². The summed E-state index contributed by atoms with van der Waals surface area (Å²) >= 11 is 0. The highest BCUT2D eigenvalue weighted by molar-refractivity contribution is 6.05. The van der Waals surface area contributed by atoms with Gasteiger partial charge in [0.1, 0.15) is 18.2 Å². The third-order valence-electron chi connectivity index (χ3n) is 4.03. The molecular weight excluding hydrogens is 341 g/mol. The van der Waals surface area contributed by atoms with Crippen molar-refractivity contribution < 1.29 is 28.6 Å². The molecule has 0 saturated carbocycles. The molecule has 1 aliphatic heterocycles. The Kier molecular flexibility index (Phi) is 5.48.